The molecule has 0 bridgehead atoms. The zero-order valence-electron chi connectivity index (χ0n) is 17.0. The molecule has 0 saturated heterocycles. The first-order valence-electron chi connectivity index (χ1n) is 10.1. The van der Waals surface area contributed by atoms with E-state index in [2.05, 4.69) is 16.3 Å². The first kappa shape index (κ1) is 20.9. The fraction of sp³-hybridized carbons (Fsp3) is 0.667. The van der Waals surface area contributed by atoms with Crippen LogP contribution in [0.2, 0.25) is 0 Å². The summed E-state index contributed by atoms with van der Waals surface area (Å²) in [6, 6.07) is 6.06. The minimum Gasteiger partial charge on any atom is -0.486 e. The lowest BCUT2D eigenvalue weighted by Crippen LogP contribution is -2.48. The van der Waals surface area contributed by atoms with Gasteiger partial charge in [0.25, 0.3) is 0 Å². The highest BCUT2D eigenvalue weighted by molar-refractivity contribution is 5.79. The molecule has 0 atom stereocenters. The topological polar surface area (TPSA) is 69.3 Å². The maximum atomic E-state index is 12.9. The summed E-state index contributed by atoms with van der Waals surface area (Å²) in [5, 5.41) is 3.34. The number of nitrogens with zero attached hydrogens (tertiary/aromatic N) is 1. The fourth-order valence-electron chi connectivity index (χ4n) is 4.03. The van der Waals surface area contributed by atoms with Crippen LogP contribution in [0.15, 0.2) is 18.2 Å². The second-order valence-electron chi connectivity index (χ2n) is 7.46. The number of carbonyl (C=O) groups is 1. The summed E-state index contributed by atoms with van der Waals surface area (Å²) in [5.74, 6) is 1.58. The maximum absolute atomic E-state index is 12.9. The average molecular weight is 392 g/mol. The summed E-state index contributed by atoms with van der Waals surface area (Å²) in [4.78, 5) is 15.0. The van der Waals surface area contributed by atoms with E-state index < -0.39 is 0 Å². The van der Waals surface area contributed by atoms with E-state index in [-0.39, 0.29) is 11.4 Å². The molecule has 28 heavy (non-hydrogen) atoms. The summed E-state index contributed by atoms with van der Waals surface area (Å²) in [6.45, 7) is 4.04. The van der Waals surface area contributed by atoms with Crippen LogP contribution in [0.3, 0.4) is 0 Å². The highest BCUT2D eigenvalue weighted by atomic mass is 16.6. The molecule has 2 aliphatic rings. The zero-order chi connectivity index (χ0) is 19.8. The fourth-order valence-corrected chi connectivity index (χ4v) is 4.03. The van der Waals surface area contributed by atoms with Gasteiger partial charge in [0.05, 0.1) is 25.3 Å². The Bertz CT molecular complexity index is 638. The molecule has 3 rings (SSSR count). The molecule has 1 aliphatic heterocycles. The molecule has 0 radical (unpaired) electrons. The summed E-state index contributed by atoms with van der Waals surface area (Å²) < 4.78 is 21.7. The Morgan fingerprint density at radius 3 is 2.36 bits per heavy atom. The van der Waals surface area contributed by atoms with Crippen LogP contribution in [0.5, 0.6) is 11.5 Å². The minimum atomic E-state index is -0.332. The third-order valence-corrected chi connectivity index (χ3v) is 5.52. The van der Waals surface area contributed by atoms with Gasteiger partial charge in [-0.3, -0.25) is 9.69 Å². The van der Waals surface area contributed by atoms with Crippen molar-refractivity contribution in [2.24, 2.45) is 0 Å². The van der Waals surface area contributed by atoms with Crippen molar-refractivity contribution >= 4 is 5.91 Å². The van der Waals surface area contributed by atoms with Gasteiger partial charge in [-0.2, -0.15) is 0 Å². The first-order chi connectivity index (χ1) is 13.7. The quantitative estimate of drug-likeness (QED) is 0.656. The third kappa shape index (κ3) is 5.16. The molecule has 7 nitrogen and oxygen atoms in total. The second kappa shape index (κ2) is 10.1. The van der Waals surface area contributed by atoms with Crippen molar-refractivity contribution in [3.8, 4) is 11.5 Å². The molecule has 7 heteroatoms. The Morgan fingerprint density at radius 1 is 1.07 bits per heavy atom. The Labute approximate surface area is 167 Å². The van der Waals surface area contributed by atoms with Crippen molar-refractivity contribution in [1.29, 1.82) is 0 Å². The van der Waals surface area contributed by atoms with Crippen LogP contribution < -0.4 is 14.8 Å². The van der Waals surface area contributed by atoms with Crippen molar-refractivity contribution in [3.05, 3.63) is 23.8 Å². The normalized spacial score (nSPS) is 17.7. The molecule has 1 saturated carbocycles. The van der Waals surface area contributed by atoms with E-state index in [0.717, 1.165) is 42.7 Å². The maximum Gasteiger partial charge on any atom is 0.234 e. The van der Waals surface area contributed by atoms with E-state index in [1.807, 2.05) is 12.1 Å². The number of amides is 1. The lowest BCUT2D eigenvalue weighted by Gasteiger charge is -2.33. The number of carbonyl (C=O) groups excluding carboxylic acids is 1. The lowest BCUT2D eigenvalue weighted by atomic mass is 9.87. The van der Waals surface area contributed by atoms with Gasteiger partial charge < -0.3 is 24.3 Å². The molecular formula is C21H32N2O5. The van der Waals surface area contributed by atoms with Crippen LogP contribution in [-0.4, -0.2) is 71.1 Å². The molecule has 1 N–H and O–H groups in total. The van der Waals surface area contributed by atoms with Crippen LogP contribution in [-0.2, 0) is 19.8 Å². The van der Waals surface area contributed by atoms with Gasteiger partial charge in [0.1, 0.15) is 13.2 Å². The molecule has 0 unspecified atom stereocenters. The molecule has 1 heterocycles. The number of benzene rings is 1. The molecule has 1 aromatic rings. The molecule has 1 aliphatic carbocycles. The number of rotatable bonds is 10. The number of ether oxygens (including phenoxy) is 4. The van der Waals surface area contributed by atoms with Gasteiger partial charge in [0, 0.05) is 27.3 Å². The van der Waals surface area contributed by atoms with Crippen LogP contribution in [0.4, 0.5) is 0 Å². The molecule has 1 aromatic carbocycles. The van der Waals surface area contributed by atoms with Gasteiger partial charge in [0.2, 0.25) is 5.91 Å². The number of nitrogens with one attached hydrogen (secondary N) is 1. The van der Waals surface area contributed by atoms with E-state index in [1.54, 1.807) is 14.2 Å². The Balaban J connectivity index is 1.70. The van der Waals surface area contributed by atoms with Crippen LogP contribution in [0.25, 0.3) is 0 Å². The Hall–Kier alpha value is -1.83. The summed E-state index contributed by atoms with van der Waals surface area (Å²) in [5.41, 5.74) is 0.768. The second-order valence-corrected chi connectivity index (χ2v) is 7.46. The van der Waals surface area contributed by atoms with Gasteiger partial charge in [-0.05, 0) is 30.5 Å². The van der Waals surface area contributed by atoms with Gasteiger partial charge in [-0.25, -0.2) is 0 Å². The summed E-state index contributed by atoms with van der Waals surface area (Å²) >= 11 is 0. The molecule has 1 fully saturated rings. The first-order valence-corrected chi connectivity index (χ1v) is 10.1. The smallest absolute Gasteiger partial charge is 0.234 e. The van der Waals surface area contributed by atoms with Gasteiger partial charge in [-0.15, -0.1) is 0 Å². The van der Waals surface area contributed by atoms with Crippen molar-refractivity contribution in [3.63, 3.8) is 0 Å². The van der Waals surface area contributed by atoms with Crippen molar-refractivity contribution in [1.82, 2.24) is 10.2 Å². The van der Waals surface area contributed by atoms with Crippen molar-refractivity contribution in [2.45, 2.75) is 31.2 Å². The molecular weight excluding hydrogens is 360 g/mol. The molecule has 0 aromatic heterocycles. The molecule has 0 spiro atoms. The van der Waals surface area contributed by atoms with Crippen molar-refractivity contribution < 1.29 is 23.7 Å². The predicted octanol–water partition coefficient (Wildman–Crippen LogP) is 1.94. The standard InChI is InChI=1S/C21H32N2O5/c1-25-11-9-23(10-12-26-2)16-20(24)22-21(7-3-4-8-21)17-5-6-18-19(15-17)28-14-13-27-18/h5-6,15H,3-4,7-14,16H2,1-2H3,(H,22,24). The number of fused-ring (bicyclic) bond motifs is 1. The monoisotopic (exact) mass is 392 g/mol. The minimum absolute atomic E-state index is 0.0315. The predicted molar refractivity (Wildman–Crippen MR) is 106 cm³/mol. The van der Waals surface area contributed by atoms with Crippen LogP contribution in [0, 0.1) is 0 Å². The van der Waals surface area contributed by atoms with Gasteiger partial charge >= 0.3 is 0 Å². The van der Waals surface area contributed by atoms with E-state index in [1.165, 1.54) is 0 Å². The summed E-state index contributed by atoms with van der Waals surface area (Å²) in [6.07, 6.45) is 4.08. The van der Waals surface area contributed by atoms with Gasteiger partial charge in [0.15, 0.2) is 11.5 Å². The summed E-state index contributed by atoms with van der Waals surface area (Å²) in [7, 11) is 3.34. The van der Waals surface area contributed by atoms with E-state index in [0.29, 0.717) is 46.1 Å². The van der Waals surface area contributed by atoms with Crippen molar-refractivity contribution in [2.75, 3.05) is 60.3 Å². The highest BCUT2D eigenvalue weighted by Gasteiger charge is 2.38. The van der Waals surface area contributed by atoms with E-state index in [9.17, 15) is 4.79 Å². The average Bonchev–Trinajstić information content (AvgIpc) is 3.19. The SMILES string of the molecule is COCCN(CCOC)CC(=O)NC1(c2ccc3c(c2)OCCO3)CCCC1. The number of hydrogen-bond donors (Lipinski definition) is 1. The highest BCUT2D eigenvalue weighted by Crippen LogP contribution is 2.42. The molecule has 156 valence electrons. The Kier molecular flexibility index (Phi) is 7.53. The lowest BCUT2D eigenvalue weighted by molar-refractivity contribution is -0.124. The van der Waals surface area contributed by atoms with Gasteiger partial charge in [-0.1, -0.05) is 18.9 Å². The number of hydrogen-bond acceptors (Lipinski definition) is 6. The van der Waals surface area contributed by atoms with E-state index >= 15 is 0 Å². The number of methoxy groups -OCH3 is 2. The van der Waals surface area contributed by atoms with Crippen LogP contribution >= 0.6 is 0 Å². The Morgan fingerprint density at radius 2 is 1.71 bits per heavy atom. The van der Waals surface area contributed by atoms with E-state index in [4.69, 9.17) is 18.9 Å². The largest absolute Gasteiger partial charge is 0.486 e. The third-order valence-electron chi connectivity index (χ3n) is 5.52. The molecule has 1 amide bonds. The zero-order valence-corrected chi connectivity index (χ0v) is 17.0. The van der Waals surface area contributed by atoms with Crippen LogP contribution in [0.1, 0.15) is 31.2 Å².